The van der Waals surface area contributed by atoms with E-state index in [-0.39, 0.29) is 16.7 Å². The molecule has 1 saturated heterocycles. The molecule has 0 radical (unpaired) electrons. The third-order valence-electron chi connectivity index (χ3n) is 2.96. The van der Waals surface area contributed by atoms with E-state index in [2.05, 4.69) is 5.32 Å². The number of nitrogens with one attached hydrogen (secondary N) is 1. The minimum atomic E-state index is -0.417. The van der Waals surface area contributed by atoms with E-state index in [9.17, 15) is 4.39 Å². The van der Waals surface area contributed by atoms with E-state index in [0.29, 0.717) is 13.2 Å². The Kier molecular flexibility index (Phi) is 4.79. The Morgan fingerprint density at radius 2 is 2.32 bits per heavy atom. The van der Waals surface area contributed by atoms with Gasteiger partial charge in [-0.3, -0.25) is 0 Å². The zero-order valence-corrected chi connectivity index (χ0v) is 12.0. The monoisotopic (exact) mass is 287 g/mol. The molecule has 0 saturated carbocycles. The predicted molar refractivity (Wildman–Crippen MR) is 72.9 cm³/mol. The number of rotatable bonds is 4. The van der Waals surface area contributed by atoms with Crippen LogP contribution >= 0.6 is 11.6 Å². The van der Waals surface area contributed by atoms with Crippen LogP contribution in [0.1, 0.15) is 19.4 Å². The Morgan fingerprint density at radius 1 is 1.53 bits per heavy atom. The van der Waals surface area contributed by atoms with Crippen molar-refractivity contribution in [2.45, 2.75) is 32.2 Å². The fraction of sp³-hybridized carbons (Fsp3) is 0.571. The van der Waals surface area contributed by atoms with Crippen LogP contribution in [0.4, 0.5) is 4.39 Å². The van der Waals surface area contributed by atoms with E-state index >= 15 is 0 Å². The normalized spacial score (nSPS) is 22.4. The summed E-state index contributed by atoms with van der Waals surface area (Å²) in [6.45, 7) is 6.54. The summed E-state index contributed by atoms with van der Waals surface area (Å²) in [6.07, 6.45) is 0.0286. The molecule has 0 aliphatic carbocycles. The molecule has 2 rings (SSSR count). The van der Waals surface area contributed by atoms with Crippen LogP contribution in [0.25, 0.3) is 0 Å². The first-order chi connectivity index (χ1) is 8.96. The average Bonchev–Trinajstić information content (AvgIpc) is 2.32. The van der Waals surface area contributed by atoms with Gasteiger partial charge < -0.3 is 14.8 Å². The van der Waals surface area contributed by atoms with Crippen LogP contribution in [0.15, 0.2) is 18.2 Å². The molecular weight excluding hydrogens is 269 g/mol. The van der Waals surface area contributed by atoms with Gasteiger partial charge in [0.15, 0.2) is 0 Å². The fourth-order valence-corrected chi connectivity index (χ4v) is 2.22. The summed E-state index contributed by atoms with van der Waals surface area (Å²) in [4.78, 5) is 0. The van der Waals surface area contributed by atoms with Crippen molar-refractivity contribution in [3.63, 3.8) is 0 Å². The standard InChI is InChI=1S/C14H19ClFNO2/c1-14(2)9-17-6-11(19-14)8-18-7-10-3-4-12(15)13(16)5-10/h3-5,11,17H,6-9H2,1-2H3. The Balaban J connectivity index is 1.78. The highest BCUT2D eigenvalue weighted by atomic mass is 35.5. The molecule has 1 aliphatic heterocycles. The first-order valence-electron chi connectivity index (χ1n) is 6.36. The number of hydrogen-bond acceptors (Lipinski definition) is 3. The topological polar surface area (TPSA) is 30.5 Å². The van der Waals surface area contributed by atoms with Gasteiger partial charge in [0, 0.05) is 13.1 Å². The van der Waals surface area contributed by atoms with Crippen molar-refractivity contribution >= 4 is 11.6 Å². The Hall–Kier alpha value is -0.680. The molecule has 1 N–H and O–H groups in total. The fourth-order valence-electron chi connectivity index (χ4n) is 2.10. The van der Waals surface area contributed by atoms with E-state index in [0.717, 1.165) is 18.7 Å². The predicted octanol–water partition coefficient (Wildman–Crippen LogP) is 2.76. The second-order valence-electron chi connectivity index (χ2n) is 5.39. The molecule has 1 aromatic rings. The molecule has 5 heteroatoms. The summed E-state index contributed by atoms with van der Waals surface area (Å²) in [6, 6.07) is 4.69. The van der Waals surface area contributed by atoms with Crippen LogP contribution in [0.3, 0.4) is 0 Å². The Morgan fingerprint density at radius 3 is 3.00 bits per heavy atom. The van der Waals surface area contributed by atoms with Gasteiger partial charge in [-0.2, -0.15) is 0 Å². The van der Waals surface area contributed by atoms with Gasteiger partial charge in [0.25, 0.3) is 0 Å². The zero-order chi connectivity index (χ0) is 13.9. The molecule has 1 aliphatic rings. The minimum absolute atomic E-state index is 0.0286. The van der Waals surface area contributed by atoms with E-state index in [1.54, 1.807) is 6.07 Å². The van der Waals surface area contributed by atoms with Crippen LogP contribution in [-0.2, 0) is 16.1 Å². The van der Waals surface area contributed by atoms with E-state index in [4.69, 9.17) is 21.1 Å². The number of morpholine rings is 1. The molecule has 1 heterocycles. The van der Waals surface area contributed by atoms with Gasteiger partial charge >= 0.3 is 0 Å². The van der Waals surface area contributed by atoms with E-state index < -0.39 is 5.82 Å². The number of benzene rings is 1. The van der Waals surface area contributed by atoms with Gasteiger partial charge in [0.1, 0.15) is 5.82 Å². The molecule has 0 bridgehead atoms. The molecule has 0 spiro atoms. The first-order valence-corrected chi connectivity index (χ1v) is 6.74. The highest BCUT2D eigenvalue weighted by molar-refractivity contribution is 6.30. The third kappa shape index (κ3) is 4.42. The summed E-state index contributed by atoms with van der Waals surface area (Å²) in [5.41, 5.74) is 0.600. The van der Waals surface area contributed by atoms with Crippen LogP contribution in [-0.4, -0.2) is 31.4 Å². The SMILES string of the molecule is CC1(C)CNCC(COCc2ccc(Cl)c(F)c2)O1. The van der Waals surface area contributed by atoms with Crippen LogP contribution in [0.2, 0.25) is 5.02 Å². The minimum Gasteiger partial charge on any atom is -0.374 e. The van der Waals surface area contributed by atoms with Gasteiger partial charge in [-0.05, 0) is 31.5 Å². The molecule has 1 aromatic carbocycles. The lowest BCUT2D eigenvalue weighted by Crippen LogP contribution is -2.51. The van der Waals surface area contributed by atoms with E-state index in [1.807, 2.05) is 13.8 Å². The molecular formula is C14H19ClFNO2. The van der Waals surface area contributed by atoms with Crippen molar-refractivity contribution < 1.29 is 13.9 Å². The summed E-state index contributed by atoms with van der Waals surface area (Å²) < 4.78 is 24.7. The molecule has 106 valence electrons. The molecule has 1 atom stereocenters. The number of hydrogen-bond donors (Lipinski definition) is 1. The van der Waals surface area contributed by atoms with Gasteiger partial charge in [-0.1, -0.05) is 17.7 Å². The van der Waals surface area contributed by atoms with Gasteiger partial charge in [-0.15, -0.1) is 0 Å². The Bertz CT molecular complexity index is 439. The molecule has 3 nitrogen and oxygen atoms in total. The maximum absolute atomic E-state index is 13.2. The van der Waals surface area contributed by atoms with Crippen LogP contribution < -0.4 is 5.32 Å². The first kappa shape index (κ1) is 14.7. The number of ether oxygens (including phenoxy) is 2. The lowest BCUT2D eigenvalue weighted by molar-refractivity contribution is -0.122. The summed E-state index contributed by atoms with van der Waals surface area (Å²) in [5, 5.41) is 3.44. The molecule has 1 unspecified atom stereocenters. The summed E-state index contributed by atoms with van der Waals surface area (Å²) in [7, 11) is 0. The molecule has 1 fully saturated rings. The lowest BCUT2D eigenvalue weighted by atomic mass is 10.1. The van der Waals surface area contributed by atoms with Crippen LogP contribution in [0.5, 0.6) is 0 Å². The smallest absolute Gasteiger partial charge is 0.142 e. The van der Waals surface area contributed by atoms with Gasteiger partial charge in [0.05, 0.1) is 29.9 Å². The lowest BCUT2D eigenvalue weighted by Gasteiger charge is -2.36. The molecule has 19 heavy (non-hydrogen) atoms. The maximum Gasteiger partial charge on any atom is 0.142 e. The second-order valence-corrected chi connectivity index (χ2v) is 5.80. The Labute approximate surface area is 118 Å². The zero-order valence-electron chi connectivity index (χ0n) is 11.2. The highest BCUT2D eigenvalue weighted by Gasteiger charge is 2.28. The summed E-state index contributed by atoms with van der Waals surface area (Å²) >= 11 is 5.62. The number of halogens is 2. The molecule has 0 amide bonds. The van der Waals surface area contributed by atoms with Crippen molar-refractivity contribution in [1.29, 1.82) is 0 Å². The highest BCUT2D eigenvalue weighted by Crippen LogP contribution is 2.18. The average molecular weight is 288 g/mol. The van der Waals surface area contributed by atoms with Crippen molar-refractivity contribution in [3.05, 3.63) is 34.6 Å². The summed E-state index contributed by atoms with van der Waals surface area (Å²) in [5.74, 6) is -0.417. The third-order valence-corrected chi connectivity index (χ3v) is 3.27. The largest absolute Gasteiger partial charge is 0.374 e. The van der Waals surface area contributed by atoms with Crippen molar-refractivity contribution in [2.24, 2.45) is 0 Å². The second kappa shape index (κ2) is 6.18. The van der Waals surface area contributed by atoms with Crippen molar-refractivity contribution in [1.82, 2.24) is 5.32 Å². The van der Waals surface area contributed by atoms with Gasteiger partial charge in [-0.25, -0.2) is 4.39 Å². The van der Waals surface area contributed by atoms with Gasteiger partial charge in [0.2, 0.25) is 0 Å². The maximum atomic E-state index is 13.2. The van der Waals surface area contributed by atoms with E-state index in [1.165, 1.54) is 12.1 Å². The quantitative estimate of drug-likeness (QED) is 0.924. The van der Waals surface area contributed by atoms with Crippen LogP contribution in [0, 0.1) is 5.82 Å². The molecule has 0 aromatic heterocycles. The van der Waals surface area contributed by atoms with Crippen molar-refractivity contribution in [2.75, 3.05) is 19.7 Å². The van der Waals surface area contributed by atoms with Crippen molar-refractivity contribution in [3.8, 4) is 0 Å².